The normalized spacial score (nSPS) is 11.4. The molecule has 334 valence electrons. The van der Waals surface area contributed by atoms with E-state index in [2.05, 4.69) is 19.2 Å². The zero-order chi connectivity index (χ0) is 40.8. The molecule has 0 saturated carbocycles. The first kappa shape index (κ1) is 53.0. The van der Waals surface area contributed by atoms with E-state index < -0.39 is 0 Å². The molecule has 1 aromatic carbocycles. The number of carbonyl (C=O) groups is 1. The third-order valence-corrected chi connectivity index (χ3v) is 7.93. The highest BCUT2D eigenvalue weighted by Crippen LogP contribution is 2.11. The Morgan fingerprint density at radius 3 is 1.00 bits per heavy atom. The lowest BCUT2D eigenvalue weighted by Gasteiger charge is -2.09. The number of hydrogen-bond acceptors (Lipinski definition) is 15. The number of ether oxygens (including phenoxy) is 13. The van der Waals surface area contributed by atoms with Gasteiger partial charge < -0.3 is 66.9 Å². The number of esters is 1. The van der Waals surface area contributed by atoms with Crippen molar-refractivity contribution in [2.24, 2.45) is 0 Å². The Morgan fingerprint density at radius 2 is 0.667 bits per heavy atom. The summed E-state index contributed by atoms with van der Waals surface area (Å²) in [6.07, 6.45) is 8.50. The van der Waals surface area contributed by atoms with Crippen LogP contribution in [-0.2, 0) is 61.6 Å². The molecule has 1 aromatic rings. The van der Waals surface area contributed by atoms with Gasteiger partial charge in [0.1, 0.15) is 6.61 Å². The number of anilines is 1. The molecule has 0 heterocycles. The van der Waals surface area contributed by atoms with Crippen LogP contribution in [0.2, 0.25) is 0 Å². The molecule has 0 aliphatic carbocycles. The highest BCUT2D eigenvalue weighted by Gasteiger charge is 2.07. The Bertz CT molecular complexity index is 946. The standard InChI is InChI=1S/C42H77NO14/c1-3-5-7-8-9-15-45-16-17-46-18-19-47-20-21-48-22-23-49-24-25-50-26-27-51-28-29-52-30-31-53-32-33-54-34-35-55-36-37-56-38-39-57-42(44)40-10-12-41(13-11-40)43-14-6-4-2/h10-13,43H,3-9,14-39H2,1-2H3. The first-order valence-corrected chi connectivity index (χ1v) is 21.2. The third kappa shape index (κ3) is 39.3. The van der Waals surface area contributed by atoms with Gasteiger partial charge in [0.05, 0.1) is 158 Å². The first-order valence-electron chi connectivity index (χ1n) is 21.2. The predicted molar refractivity (Wildman–Crippen MR) is 219 cm³/mol. The zero-order valence-corrected chi connectivity index (χ0v) is 35.4. The van der Waals surface area contributed by atoms with Crippen LogP contribution in [0.25, 0.3) is 0 Å². The van der Waals surface area contributed by atoms with E-state index >= 15 is 0 Å². The van der Waals surface area contributed by atoms with E-state index in [-0.39, 0.29) is 12.6 Å². The molecule has 1 rings (SSSR count). The van der Waals surface area contributed by atoms with E-state index in [0.29, 0.717) is 158 Å². The van der Waals surface area contributed by atoms with Crippen molar-refractivity contribution in [3.8, 4) is 0 Å². The van der Waals surface area contributed by atoms with E-state index in [9.17, 15) is 4.79 Å². The van der Waals surface area contributed by atoms with Crippen molar-refractivity contribution in [2.75, 3.05) is 177 Å². The minimum atomic E-state index is -0.361. The van der Waals surface area contributed by atoms with E-state index in [0.717, 1.165) is 38.1 Å². The maximum Gasteiger partial charge on any atom is 0.338 e. The van der Waals surface area contributed by atoms with E-state index in [1.807, 2.05) is 12.1 Å². The first-order chi connectivity index (χ1) is 28.3. The van der Waals surface area contributed by atoms with Gasteiger partial charge in [-0.25, -0.2) is 4.79 Å². The van der Waals surface area contributed by atoms with Gasteiger partial charge in [-0.15, -0.1) is 0 Å². The number of rotatable bonds is 47. The fraction of sp³-hybridized carbons (Fsp3) is 0.833. The molecular weight excluding hydrogens is 742 g/mol. The largest absolute Gasteiger partial charge is 0.460 e. The molecular formula is C42H77NO14. The quantitative estimate of drug-likeness (QED) is 0.0676. The summed E-state index contributed by atoms with van der Waals surface area (Å²) >= 11 is 0. The summed E-state index contributed by atoms with van der Waals surface area (Å²) in [6, 6.07) is 7.29. The van der Waals surface area contributed by atoms with Crippen LogP contribution in [0.15, 0.2) is 24.3 Å². The molecule has 0 aliphatic heterocycles. The molecule has 1 N–H and O–H groups in total. The third-order valence-electron chi connectivity index (χ3n) is 7.93. The average molecular weight is 820 g/mol. The molecule has 0 radical (unpaired) electrons. The summed E-state index contributed by atoms with van der Waals surface area (Å²) in [6.45, 7) is 17.8. The maximum absolute atomic E-state index is 12.1. The van der Waals surface area contributed by atoms with Crippen LogP contribution in [0, 0.1) is 0 Å². The lowest BCUT2D eigenvalue weighted by atomic mass is 10.2. The Labute approximate surface area is 343 Å². The summed E-state index contributed by atoms with van der Waals surface area (Å²) in [7, 11) is 0. The van der Waals surface area contributed by atoms with Gasteiger partial charge in [0.2, 0.25) is 0 Å². The minimum Gasteiger partial charge on any atom is -0.460 e. The second kappa shape index (κ2) is 45.1. The molecule has 0 aromatic heterocycles. The molecule has 0 spiro atoms. The summed E-state index contributed by atoms with van der Waals surface area (Å²) in [5, 5.41) is 3.32. The van der Waals surface area contributed by atoms with Crippen LogP contribution in [0.5, 0.6) is 0 Å². The highest BCUT2D eigenvalue weighted by atomic mass is 16.6. The van der Waals surface area contributed by atoms with E-state index in [1.54, 1.807) is 12.1 Å². The van der Waals surface area contributed by atoms with Gasteiger partial charge in [0.15, 0.2) is 0 Å². The van der Waals surface area contributed by atoms with Crippen molar-refractivity contribution in [3.63, 3.8) is 0 Å². The van der Waals surface area contributed by atoms with Crippen molar-refractivity contribution in [1.29, 1.82) is 0 Å². The Kier molecular flexibility index (Phi) is 42.0. The molecule has 57 heavy (non-hydrogen) atoms. The second-order valence-corrected chi connectivity index (χ2v) is 12.8. The van der Waals surface area contributed by atoms with Crippen LogP contribution in [0.1, 0.15) is 69.2 Å². The molecule has 0 aliphatic rings. The maximum atomic E-state index is 12.1. The van der Waals surface area contributed by atoms with E-state index in [1.165, 1.54) is 25.7 Å². The average Bonchev–Trinajstić information content (AvgIpc) is 3.23. The van der Waals surface area contributed by atoms with Crippen molar-refractivity contribution < 1.29 is 66.4 Å². The van der Waals surface area contributed by atoms with Crippen molar-refractivity contribution in [2.45, 2.75) is 58.8 Å². The van der Waals surface area contributed by atoms with Crippen LogP contribution in [0.4, 0.5) is 5.69 Å². The van der Waals surface area contributed by atoms with Crippen LogP contribution in [0.3, 0.4) is 0 Å². The molecule has 0 fully saturated rings. The Morgan fingerprint density at radius 1 is 0.368 bits per heavy atom. The van der Waals surface area contributed by atoms with Gasteiger partial charge in [-0.1, -0.05) is 46.0 Å². The number of hydrogen-bond donors (Lipinski definition) is 1. The van der Waals surface area contributed by atoms with Gasteiger partial charge in [0.25, 0.3) is 0 Å². The minimum absolute atomic E-state index is 0.189. The van der Waals surface area contributed by atoms with Crippen LogP contribution < -0.4 is 5.32 Å². The fourth-order valence-electron chi connectivity index (χ4n) is 4.74. The number of unbranched alkanes of at least 4 members (excludes halogenated alkanes) is 5. The molecule has 0 unspecified atom stereocenters. The molecule has 15 nitrogen and oxygen atoms in total. The SMILES string of the molecule is CCCCCCCOCCOCCOCCOCCOCCOCCOCCOCCOCCOCCOCCOCCOC(=O)c1ccc(NCCCC)cc1. The Balaban J connectivity index is 1.66. The van der Waals surface area contributed by atoms with Gasteiger partial charge in [-0.3, -0.25) is 0 Å². The van der Waals surface area contributed by atoms with Crippen molar-refractivity contribution >= 4 is 11.7 Å². The predicted octanol–water partition coefficient (Wildman–Crippen LogP) is 5.23. The highest BCUT2D eigenvalue weighted by molar-refractivity contribution is 5.89. The fourth-order valence-corrected chi connectivity index (χ4v) is 4.74. The van der Waals surface area contributed by atoms with Gasteiger partial charge in [0, 0.05) is 18.8 Å². The molecule has 0 saturated heterocycles. The van der Waals surface area contributed by atoms with Gasteiger partial charge >= 0.3 is 5.97 Å². The number of nitrogens with one attached hydrogen (secondary N) is 1. The van der Waals surface area contributed by atoms with Gasteiger partial charge in [-0.2, -0.15) is 0 Å². The smallest absolute Gasteiger partial charge is 0.338 e. The lowest BCUT2D eigenvalue weighted by molar-refractivity contribution is -0.0288. The number of benzene rings is 1. The summed E-state index contributed by atoms with van der Waals surface area (Å²) in [5.74, 6) is -0.361. The van der Waals surface area contributed by atoms with Crippen molar-refractivity contribution in [1.82, 2.24) is 0 Å². The lowest BCUT2D eigenvalue weighted by Crippen LogP contribution is -2.16. The van der Waals surface area contributed by atoms with Gasteiger partial charge in [-0.05, 0) is 37.1 Å². The molecule has 15 heteroatoms. The molecule has 0 atom stereocenters. The molecule has 0 bridgehead atoms. The topological polar surface area (TPSA) is 149 Å². The van der Waals surface area contributed by atoms with E-state index in [4.69, 9.17) is 61.6 Å². The zero-order valence-electron chi connectivity index (χ0n) is 35.4. The second-order valence-electron chi connectivity index (χ2n) is 12.8. The van der Waals surface area contributed by atoms with Crippen molar-refractivity contribution in [3.05, 3.63) is 29.8 Å². The number of carbonyl (C=O) groups excluding carboxylic acids is 1. The summed E-state index contributed by atoms with van der Waals surface area (Å²) in [4.78, 5) is 12.1. The summed E-state index contributed by atoms with van der Waals surface area (Å²) < 4.78 is 71.3. The molecule has 0 amide bonds. The Hall–Kier alpha value is -1.99. The monoisotopic (exact) mass is 820 g/mol. The summed E-state index contributed by atoms with van der Waals surface area (Å²) in [5.41, 5.74) is 1.51. The van der Waals surface area contributed by atoms with Crippen LogP contribution in [-0.4, -0.2) is 178 Å². The van der Waals surface area contributed by atoms with Crippen LogP contribution >= 0.6 is 0 Å².